The summed E-state index contributed by atoms with van der Waals surface area (Å²) >= 11 is 11.6. The Morgan fingerprint density at radius 2 is 2.12 bits per heavy atom. The van der Waals surface area contributed by atoms with Crippen molar-refractivity contribution in [3.63, 3.8) is 0 Å². The molecule has 0 bridgehead atoms. The van der Waals surface area contributed by atoms with Crippen LogP contribution in [0.2, 0.25) is 5.15 Å². The van der Waals surface area contributed by atoms with Crippen LogP contribution in [-0.2, 0) is 4.74 Å². The molecule has 3 heterocycles. The molecule has 0 saturated carbocycles. The number of thiocarbonyl (C=S) groups is 1. The fourth-order valence-electron chi connectivity index (χ4n) is 3.35. The second-order valence-electron chi connectivity index (χ2n) is 6.75. The number of aromatic nitrogens is 2. The number of piperidine rings is 1. The Hall–Kier alpha value is -1.22. The lowest BCUT2D eigenvalue weighted by molar-refractivity contribution is 0.0389. The molecule has 1 aromatic rings. The molecule has 2 aliphatic rings. The topological polar surface area (TPSA) is 65.6 Å². The number of rotatable bonds is 5. The number of ether oxygens (including phenoxy) is 1. The van der Waals surface area contributed by atoms with E-state index in [1.807, 2.05) is 6.07 Å². The highest BCUT2D eigenvalue weighted by Crippen LogP contribution is 2.25. The number of anilines is 2. The molecule has 0 aliphatic carbocycles. The Labute approximate surface area is 165 Å². The van der Waals surface area contributed by atoms with Crippen LogP contribution in [0.4, 0.5) is 11.8 Å². The zero-order chi connectivity index (χ0) is 18.4. The van der Waals surface area contributed by atoms with Gasteiger partial charge in [-0.05, 0) is 38.4 Å². The lowest BCUT2D eigenvalue weighted by Gasteiger charge is -2.34. The van der Waals surface area contributed by atoms with Gasteiger partial charge in [-0.15, -0.1) is 0 Å². The van der Waals surface area contributed by atoms with Crippen LogP contribution >= 0.6 is 23.8 Å². The molecule has 0 radical (unpaired) electrons. The van der Waals surface area contributed by atoms with Crippen LogP contribution in [-0.4, -0.2) is 72.0 Å². The molecular weight excluding hydrogens is 372 g/mol. The largest absolute Gasteiger partial charge is 0.379 e. The summed E-state index contributed by atoms with van der Waals surface area (Å²) in [5, 5.41) is 7.20. The Morgan fingerprint density at radius 1 is 1.31 bits per heavy atom. The van der Waals surface area contributed by atoms with E-state index in [-0.39, 0.29) is 0 Å². The van der Waals surface area contributed by atoms with Crippen molar-refractivity contribution in [2.45, 2.75) is 32.2 Å². The molecule has 2 N–H and O–H groups in total. The third-order valence-electron chi connectivity index (χ3n) is 4.82. The van der Waals surface area contributed by atoms with Crippen molar-refractivity contribution in [1.29, 1.82) is 0 Å². The van der Waals surface area contributed by atoms with Crippen LogP contribution < -0.4 is 15.5 Å². The van der Waals surface area contributed by atoms with Gasteiger partial charge in [0.1, 0.15) is 11.0 Å². The first-order chi connectivity index (χ1) is 12.6. The van der Waals surface area contributed by atoms with E-state index in [0.717, 1.165) is 51.8 Å². The first-order valence-electron chi connectivity index (χ1n) is 9.28. The van der Waals surface area contributed by atoms with E-state index < -0.39 is 0 Å². The lowest BCUT2D eigenvalue weighted by Crippen LogP contribution is -2.42. The average Bonchev–Trinajstić information content (AvgIpc) is 2.62. The highest BCUT2D eigenvalue weighted by molar-refractivity contribution is 7.80. The molecule has 2 fully saturated rings. The lowest BCUT2D eigenvalue weighted by atomic mass is 10.0. The van der Waals surface area contributed by atoms with Crippen molar-refractivity contribution in [3.05, 3.63) is 11.2 Å². The molecule has 2 saturated heterocycles. The minimum absolute atomic E-state index is 0.423. The van der Waals surface area contributed by atoms with Crippen LogP contribution in [0.25, 0.3) is 0 Å². The van der Waals surface area contributed by atoms with Crippen LogP contribution in [0.1, 0.15) is 26.2 Å². The fraction of sp³-hybridized carbons (Fsp3) is 0.706. The summed E-state index contributed by atoms with van der Waals surface area (Å²) in [6.45, 7) is 8.46. The summed E-state index contributed by atoms with van der Waals surface area (Å²) in [6, 6.07) is 2.28. The van der Waals surface area contributed by atoms with Crippen molar-refractivity contribution < 1.29 is 4.74 Å². The van der Waals surface area contributed by atoms with Gasteiger partial charge in [0.25, 0.3) is 0 Å². The van der Waals surface area contributed by atoms with Crippen LogP contribution in [0.15, 0.2) is 6.07 Å². The van der Waals surface area contributed by atoms with Gasteiger partial charge in [-0.25, -0.2) is 4.98 Å². The maximum atomic E-state index is 6.21. The van der Waals surface area contributed by atoms with Gasteiger partial charge in [-0.1, -0.05) is 11.6 Å². The number of hydrogen-bond donors (Lipinski definition) is 2. The molecule has 144 valence electrons. The van der Waals surface area contributed by atoms with E-state index in [9.17, 15) is 0 Å². The van der Waals surface area contributed by atoms with Crippen molar-refractivity contribution in [1.82, 2.24) is 20.2 Å². The normalized spacial score (nSPS) is 21.5. The average molecular weight is 399 g/mol. The van der Waals surface area contributed by atoms with Crippen LogP contribution in [0.3, 0.4) is 0 Å². The third kappa shape index (κ3) is 5.64. The number of hydrogen-bond acceptors (Lipinski definition) is 6. The Balaban J connectivity index is 1.52. The van der Waals surface area contributed by atoms with Crippen molar-refractivity contribution in [3.8, 4) is 0 Å². The first kappa shape index (κ1) is 19.5. The van der Waals surface area contributed by atoms with E-state index in [0.29, 0.717) is 22.3 Å². The van der Waals surface area contributed by atoms with Crippen molar-refractivity contribution in [2.75, 3.05) is 56.2 Å². The van der Waals surface area contributed by atoms with Crippen LogP contribution in [0.5, 0.6) is 0 Å². The number of morpholine rings is 1. The summed E-state index contributed by atoms with van der Waals surface area (Å²) < 4.78 is 5.35. The number of nitrogens with zero attached hydrogens (tertiary/aromatic N) is 4. The number of nitrogens with one attached hydrogen (secondary N) is 2. The second-order valence-corrected chi connectivity index (χ2v) is 7.54. The van der Waals surface area contributed by atoms with Gasteiger partial charge in [-0.3, -0.25) is 4.90 Å². The molecule has 0 amide bonds. The van der Waals surface area contributed by atoms with E-state index in [1.165, 1.54) is 19.3 Å². The monoisotopic (exact) mass is 398 g/mol. The van der Waals surface area contributed by atoms with Gasteiger partial charge >= 0.3 is 0 Å². The van der Waals surface area contributed by atoms with E-state index in [4.69, 9.17) is 28.6 Å². The summed E-state index contributed by atoms with van der Waals surface area (Å²) in [4.78, 5) is 13.5. The standard InChI is InChI=1S/C17H27ClN6OS/c1-13-4-2-3-6-24(13)15-12-14(18)20-16(21-15)22-17(26)19-5-7-23-8-10-25-11-9-23/h12-13H,2-11H2,1H3,(H2,19,20,21,22,26)/t13-/m1/s1. The van der Waals surface area contributed by atoms with Crippen LogP contribution in [0, 0.1) is 0 Å². The molecule has 26 heavy (non-hydrogen) atoms. The molecule has 0 spiro atoms. The maximum Gasteiger partial charge on any atom is 0.232 e. The van der Waals surface area contributed by atoms with Gasteiger partial charge in [0.05, 0.1) is 13.2 Å². The minimum atomic E-state index is 0.423. The highest BCUT2D eigenvalue weighted by Gasteiger charge is 2.21. The molecule has 1 atom stereocenters. The van der Waals surface area contributed by atoms with Gasteiger partial charge in [0.15, 0.2) is 5.11 Å². The quantitative estimate of drug-likeness (QED) is 0.577. The Kier molecular flexibility index (Phi) is 7.24. The third-order valence-corrected chi connectivity index (χ3v) is 5.26. The van der Waals surface area contributed by atoms with Crippen molar-refractivity contribution in [2.24, 2.45) is 0 Å². The van der Waals surface area contributed by atoms with Gasteiger partial charge in [-0.2, -0.15) is 4.98 Å². The first-order valence-corrected chi connectivity index (χ1v) is 10.1. The predicted octanol–water partition coefficient (Wildman–Crippen LogP) is 2.13. The Morgan fingerprint density at radius 3 is 2.88 bits per heavy atom. The molecule has 3 rings (SSSR count). The zero-order valence-corrected chi connectivity index (χ0v) is 16.8. The summed E-state index contributed by atoms with van der Waals surface area (Å²) in [6.07, 6.45) is 3.61. The highest BCUT2D eigenvalue weighted by atomic mass is 35.5. The maximum absolute atomic E-state index is 6.21. The molecule has 0 unspecified atom stereocenters. The fourth-order valence-corrected chi connectivity index (χ4v) is 3.72. The molecule has 0 aromatic carbocycles. The van der Waals surface area contributed by atoms with E-state index >= 15 is 0 Å². The summed E-state index contributed by atoms with van der Waals surface area (Å²) in [5.74, 6) is 1.30. The smallest absolute Gasteiger partial charge is 0.232 e. The zero-order valence-electron chi connectivity index (χ0n) is 15.2. The number of halogens is 1. The van der Waals surface area contributed by atoms with E-state index in [2.05, 4.69) is 37.3 Å². The van der Waals surface area contributed by atoms with Crippen molar-refractivity contribution >= 4 is 40.7 Å². The van der Waals surface area contributed by atoms with Gasteiger partial charge < -0.3 is 20.3 Å². The minimum Gasteiger partial charge on any atom is -0.379 e. The summed E-state index contributed by atoms with van der Waals surface area (Å²) in [5.41, 5.74) is 0. The SMILES string of the molecule is C[C@@H]1CCCCN1c1cc(Cl)nc(NC(=S)NCCN2CCOCC2)n1. The van der Waals surface area contributed by atoms with E-state index in [1.54, 1.807) is 0 Å². The summed E-state index contributed by atoms with van der Waals surface area (Å²) in [7, 11) is 0. The molecule has 2 aliphatic heterocycles. The predicted molar refractivity (Wildman–Crippen MR) is 109 cm³/mol. The second kappa shape index (κ2) is 9.64. The molecule has 7 nitrogen and oxygen atoms in total. The van der Waals surface area contributed by atoms with Gasteiger partial charge in [0, 0.05) is 44.8 Å². The van der Waals surface area contributed by atoms with Gasteiger partial charge in [0.2, 0.25) is 5.95 Å². The molecule has 1 aromatic heterocycles. The molecule has 9 heteroatoms. The molecular formula is C17H27ClN6OS. The Bertz CT molecular complexity index is 613.